The van der Waals surface area contributed by atoms with Crippen molar-refractivity contribution in [3.63, 3.8) is 0 Å². The molecule has 22 heavy (non-hydrogen) atoms. The van der Waals surface area contributed by atoms with Gasteiger partial charge in [0.05, 0.1) is 6.42 Å². The van der Waals surface area contributed by atoms with E-state index in [9.17, 15) is 19.5 Å². The molecule has 2 fully saturated rings. The number of carbonyl (C=O) groups excluding carboxylic acids is 2. The molecule has 3 heterocycles. The first-order valence-electron chi connectivity index (χ1n) is 6.86. The molecule has 6 nitrogen and oxygen atoms in total. The highest BCUT2D eigenvalue weighted by atomic mass is 32.2. The monoisotopic (exact) mass is 340 g/mol. The Balaban J connectivity index is 1.67. The summed E-state index contributed by atoms with van der Waals surface area (Å²) >= 11 is 2.92. The maximum Gasteiger partial charge on any atom is 0.327 e. The lowest BCUT2D eigenvalue weighted by atomic mass is 9.96. The molecule has 2 unspecified atom stereocenters. The quantitative estimate of drug-likeness (QED) is 0.796. The Hall–Kier alpha value is -1.54. The van der Waals surface area contributed by atoms with E-state index in [2.05, 4.69) is 5.32 Å². The summed E-state index contributed by atoms with van der Waals surface area (Å²) in [6.07, 6.45) is 0.241. The first-order chi connectivity index (χ1) is 10.3. The van der Waals surface area contributed by atoms with Crippen molar-refractivity contribution in [1.82, 2.24) is 10.2 Å². The molecule has 3 atom stereocenters. The molecule has 0 radical (unpaired) electrons. The van der Waals surface area contributed by atoms with E-state index in [-0.39, 0.29) is 23.6 Å². The molecule has 0 bridgehead atoms. The Kier molecular flexibility index (Phi) is 3.68. The molecule has 2 amide bonds. The fourth-order valence-corrected chi connectivity index (χ4v) is 5.27. The maximum absolute atomic E-state index is 12.2. The molecule has 2 N–H and O–H groups in total. The standard InChI is InChI=1S/C14H16N2O4S2/c1-14(2)10(13(19)20)16-11(18)9(12(16)22-14)15-8(17)6-7-4-3-5-21-7/h3-5,9-10,12H,6H2,1-2H3,(H,15,17)(H,19,20)/t9?,10?,12-/m0/s1. The average molecular weight is 340 g/mol. The summed E-state index contributed by atoms with van der Waals surface area (Å²) in [5.74, 6) is -1.52. The van der Waals surface area contributed by atoms with Gasteiger partial charge in [0.15, 0.2) is 0 Å². The van der Waals surface area contributed by atoms with E-state index in [0.29, 0.717) is 0 Å². The number of carboxylic acids is 1. The number of hydrogen-bond donors (Lipinski definition) is 2. The van der Waals surface area contributed by atoms with Crippen LogP contribution in [0.2, 0.25) is 0 Å². The van der Waals surface area contributed by atoms with Gasteiger partial charge in [-0.1, -0.05) is 6.07 Å². The Morgan fingerprint density at radius 1 is 1.45 bits per heavy atom. The van der Waals surface area contributed by atoms with Crippen LogP contribution in [-0.4, -0.2) is 50.0 Å². The summed E-state index contributed by atoms with van der Waals surface area (Å²) in [6.45, 7) is 3.62. The third kappa shape index (κ3) is 2.40. The molecule has 8 heteroatoms. The Bertz CT molecular complexity index is 629. The lowest BCUT2D eigenvalue weighted by molar-refractivity contribution is -0.161. The van der Waals surface area contributed by atoms with E-state index in [4.69, 9.17) is 0 Å². The average Bonchev–Trinajstić information content (AvgIpc) is 3.00. The Morgan fingerprint density at radius 3 is 2.77 bits per heavy atom. The third-order valence-electron chi connectivity index (χ3n) is 3.91. The first kappa shape index (κ1) is 15.4. The van der Waals surface area contributed by atoms with Crippen molar-refractivity contribution in [2.45, 2.75) is 42.5 Å². The minimum absolute atomic E-state index is 0.211. The number of fused-ring (bicyclic) bond motifs is 1. The van der Waals surface area contributed by atoms with Crippen molar-refractivity contribution in [2.24, 2.45) is 0 Å². The zero-order valence-electron chi connectivity index (χ0n) is 12.1. The number of carboxylic acid groups (broad SMARTS) is 1. The SMILES string of the molecule is CC1(C)S[C@H]2C(NC(=O)Cc3cccs3)C(=O)N2C1C(=O)O. The highest BCUT2D eigenvalue weighted by molar-refractivity contribution is 8.01. The summed E-state index contributed by atoms with van der Waals surface area (Å²) in [5, 5.41) is 13.7. The summed E-state index contributed by atoms with van der Waals surface area (Å²) in [7, 11) is 0. The van der Waals surface area contributed by atoms with Crippen LogP contribution in [0.1, 0.15) is 18.7 Å². The Labute approximate surface area is 135 Å². The van der Waals surface area contributed by atoms with Crippen molar-refractivity contribution in [1.29, 1.82) is 0 Å². The van der Waals surface area contributed by atoms with Gasteiger partial charge in [-0.3, -0.25) is 9.59 Å². The summed E-state index contributed by atoms with van der Waals surface area (Å²) in [5.41, 5.74) is 0. The van der Waals surface area contributed by atoms with Crippen LogP contribution in [0.5, 0.6) is 0 Å². The number of nitrogens with one attached hydrogen (secondary N) is 1. The fraction of sp³-hybridized carbons (Fsp3) is 0.500. The van der Waals surface area contributed by atoms with E-state index in [1.54, 1.807) is 0 Å². The highest BCUT2D eigenvalue weighted by Crippen LogP contribution is 2.50. The second-order valence-electron chi connectivity index (χ2n) is 5.90. The smallest absolute Gasteiger partial charge is 0.327 e. The van der Waals surface area contributed by atoms with Gasteiger partial charge in [0, 0.05) is 9.62 Å². The number of carbonyl (C=O) groups is 3. The summed E-state index contributed by atoms with van der Waals surface area (Å²) in [6, 6.07) is 2.27. The second kappa shape index (κ2) is 5.27. The van der Waals surface area contributed by atoms with Crippen LogP contribution in [0.15, 0.2) is 17.5 Å². The molecule has 0 aliphatic carbocycles. The van der Waals surface area contributed by atoms with E-state index in [0.717, 1.165) is 4.88 Å². The maximum atomic E-state index is 12.2. The molecule has 1 aromatic heterocycles. The van der Waals surface area contributed by atoms with Crippen molar-refractivity contribution < 1.29 is 19.5 Å². The van der Waals surface area contributed by atoms with Gasteiger partial charge >= 0.3 is 5.97 Å². The largest absolute Gasteiger partial charge is 0.480 e. The minimum atomic E-state index is -1.00. The molecule has 0 spiro atoms. The molecular formula is C14H16N2O4S2. The lowest BCUT2D eigenvalue weighted by Gasteiger charge is -2.43. The molecule has 3 rings (SSSR count). The number of β-lactam (4-membered cyclic amide) rings is 1. The van der Waals surface area contributed by atoms with Gasteiger partial charge in [-0.05, 0) is 25.3 Å². The van der Waals surface area contributed by atoms with Gasteiger partial charge < -0.3 is 15.3 Å². The molecule has 118 valence electrons. The molecular weight excluding hydrogens is 324 g/mol. The number of thioether (sulfide) groups is 1. The molecule has 2 aliphatic rings. The molecule has 2 aliphatic heterocycles. The zero-order chi connectivity index (χ0) is 16.1. The highest BCUT2D eigenvalue weighted by Gasteiger charge is 2.64. The number of nitrogens with zero attached hydrogens (tertiary/aromatic N) is 1. The van der Waals surface area contributed by atoms with Crippen LogP contribution in [0, 0.1) is 0 Å². The van der Waals surface area contributed by atoms with Crippen molar-refractivity contribution >= 4 is 40.9 Å². The van der Waals surface area contributed by atoms with E-state index < -0.39 is 22.8 Å². The topological polar surface area (TPSA) is 86.7 Å². The van der Waals surface area contributed by atoms with Crippen molar-refractivity contribution in [3.8, 4) is 0 Å². The normalized spacial score (nSPS) is 28.9. The summed E-state index contributed by atoms with van der Waals surface area (Å²) < 4.78 is -0.570. The molecule has 0 saturated carbocycles. The van der Waals surface area contributed by atoms with Crippen LogP contribution in [0.4, 0.5) is 0 Å². The van der Waals surface area contributed by atoms with Gasteiger partial charge in [-0.15, -0.1) is 23.1 Å². The van der Waals surface area contributed by atoms with Gasteiger partial charge in [-0.2, -0.15) is 0 Å². The number of aliphatic carboxylic acids is 1. The first-order valence-corrected chi connectivity index (χ1v) is 8.62. The second-order valence-corrected chi connectivity index (χ2v) is 8.70. The van der Waals surface area contributed by atoms with Crippen LogP contribution in [-0.2, 0) is 20.8 Å². The lowest BCUT2D eigenvalue weighted by Crippen LogP contribution is -2.70. The molecule has 2 saturated heterocycles. The third-order valence-corrected chi connectivity index (χ3v) is 6.35. The van der Waals surface area contributed by atoms with Crippen LogP contribution >= 0.6 is 23.1 Å². The predicted molar refractivity (Wildman–Crippen MR) is 83.7 cm³/mol. The van der Waals surface area contributed by atoms with Crippen LogP contribution < -0.4 is 5.32 Å². The molecule has 0 aromatic carbocycles. The number of rotatable bonds is 4. The Morgan fingerprint density at radius 2 is 2.18 bits per heavy atom. The molecule has 1 aromatic rings. The van der Waals surface area contributed by atoms with E-state index in [1.165, 1.54) is 28.0 Å². The number of thiophene rings is 1. The van der Waals surface area contributed by atoms with E-state index in [1.807, 2.05) is 31.4 Å². The van der Waals surface area contributed by atoms with Gasteiger partial charge in [0.1, 0.15) is 17.5 Å². The van der Waals surface area contributed by atoms with Gasteiger partial charge in [-0.25, -0.2) is 4.79 Å². The van der Waals surface area contributed by atoms with Gasteiger partial charge in [0.2, 0.25) is 11.8 Å². The van der Waals surface area contributed by atoms with Crippen molar-refractivity contribution in [2.75, 3.05) is 0 Å². The minimum Gasteiger partial charge on any atom is -0.480 e. The van der Waals surface area contributed by atoms with Crippen LogP contribution in [0.25, 0.3) is 0 Å². The number of amides is 2. The summed E-state index contributed by atoms with van der Waals surface area (Å²) in [4.78, 5) is 38.0. The number of hydrogen-bond acceptors (Lipinski definition) is 5. The fourth-order valence-electron chi connectivity index (χ4n) is 2.94. The predicted octanol–water partition coefficient (Wildman–Crippen LogP) is 0.922. The van der Waals surface area contributed by atoms with Crippen LogP contribution in [0.3, 0.4) is 0 Å². The van der Waals surface area contributed by atoms with Gasteiger partial charge in [0.25, 0.3) is 0 Å². The van der Waals surface area contributed by atoms with Crippen molar-refractivity contribution in [3.05, 3.63) is 22.4 Å². The zero-order valence-corrected chi connectivity index (χ0v) is 13.7. The van der Waals surface area contributed by atoms with E-state index >= 15 is 0 Å².